The van der Waals surface area contributed by atoms with Gasteiger partial charge < -0.3 is 15.5 Å². The summed E-state index contributed by atoms with van der Waals surface area (Å²) in [4.78, 5) is 14.0. The third kappa shape index (κ3) is 3.95. The molecule has 2 aliphatic rings. The van der Waals surface area contributed by atoms with Gasteiger partial charge in [0.25, 0.3) is 0 Å². The summed E-state index contributed by atoms with van der Waals surface area (Å²) in [6, 6.07) is 1.05. The Kier molecular flexibility index (Phi) is 5.01. The van der Waals surface area contributed by atoms with Gasteiger partial charge in [-0.25, -0.2) is 0 Å². The molecule has 2 N–H and O–H groups in total. The fourth-order valence-corrected chi connectivity index (χ4v) is 2.98. The Morgan fingerprint density at radius 3 is 3.00 bits per heavy atom. The van der Waals surface area contributed by atoms with Crippen molar-refractivity contribution < 1.29 is 4.79 Å². The third-order valence-corrected chi connectivity index (χ3v) is 4.23. The molecular weight excluding hydrogens is 226 g/mol. The molecule has 2 rings (SSSR count). The molecule has 0 spiro atoms. The molecule has 1 amide bonds. The smallest absolute Gasteiger partial charge is 0.221 e. The van der Waals surface area contributed by atoms with Crippen LogP contribution in [0, 0.1) is 5.92 Å². The molecule has 4 nitrogen and oxygen atoms in total. The van der Waals surface area contributed by atoms with Crippen molar-refractivity contribution in [2.24, 2.45) is 5.92 Å². The molecule has 0 radical (unpaired) electrons. The van der Waals surface area contributed by atoms with E-state index in [1.165, 1.54) is 19.5 Å². The maximum Gasteiger partial charge on any atom is 0.221 e. The molecule has 0 aromatic heterocycles. The molecular formula is C14H27N3O. The zero-order valence-corrected chi connectivity index (χ0v) is 11.7. The van der Waals surface area contributed by atoms with Crippen molar-refractivity contribution in [3.05, 3.63) is 0 Å². The van der Waals surface area contributed by atoms with Crippen molar-refractivity contribution in [3.8, 4) is 0 Å². The van der Waals surface area contributed by atoms with Gasteiger partial charge in [-0.3, -0.25) is 4.79 Å². The van der Waals surface area contributed by atoms with Gasteiger partial charge >= 0.3 is 0 Å². The summed E-state index contributed by atoms with van der Waals surface area (Å²) in [6.45, 7) is 8.90. The van der Waals surface area contributed by atoms with Crippen molar-refractivity contribution in [1.82, 2.24) is 15.5 Å². The van der Waals surface area contributed by atoms with Gasteiger partial charge in [0.2, 0.25) is 5.91 Å². The van der Waals surface area contributed by atoms with Gasteiger partial charge in [-0.2, -0.15) is 0 Å². The van der Waals surface area contributed by atoms with Gasteiger partial charge in [-0.15, -0.1) is 0 Å². The fourth-order valence-electron chi connectivity index (χ4n) is 2.98. The van der Waals surface area contributed by atoms with E-state index in [0.29, 0.717) is 18.5 Å². The summed E-state index contributed by atoms with van der Waals surface area (Å²) >= 11 is 0. The van der Waals surface area contributed by atoms with Crippen LogP contribution >= 0.6 is 0 Å². The highest BCUT2D eigenvalue weighted by atomic mass is 16.1. The minimum absolute atomic E-state index is 0.209. The molecule has 18 heavy (non-hydrogen) atoms. The first-order valence-electron chi connectivity index (χ1n) is 7.39. The summed E-state index contributed by atoms with van der Waals surface area (Å²) in [5.74, 6) is 0.971. The number of carbonyl (C=O) groups is 1. The van der Waals surface area contributed by atoms with E-state index < -0.39 is 0 Å². The fraction of sp³-hybridized carbons (Fsp3) is 0.929. The summed E-state index contributed by atoms with van der Waals surface area (Å²) in [5, 5.41) is 6.54. The first-order chi connectivity index (χ1) is 8.65. The molecule has 2 unspecified atom stereocenters. The Balaban J connectivity index is 1.70. The molecule has 2 heterocycles. The largest absolute Gasteiger partial charge is 0.356 e. The van der Waals surface area contributed by atoms with Gasteiger partial charge in [0.1, 0.15) is 0 Å². The van der Waals surface area contributed by atoms with Crippen molar-refractivity contribution >= 4 is 5.91 Å². The minimum Gasteiger partial charge on any atom is -0.356 e. The number of likely N-dealkylation sites (tertiary alicyclic amines) is 1. The van der Waals surface area contributed by atoms with Crippen LogP contribution in [0.3, 0.4) is 0 Å². The normalized spacial score (nSPS) is 30.5. The number of amides is 1. The quantitative estimate of drug-likeness (QED) is 0.785. The molecule has 104 valence electrons. The zero-order valence-electron chi connectivity index (χ0n) is 11.7. The van der Waals surface area contributed by atoms with Crippen LogP contribution in [0.25, 0.3) is 0 Å². The Morgan fingerprint density at radius 2 is 2.28 bits per heavy atom. The van der Waals surface area contributed by atoms with Gasteiger partial charge in [-0.05, 0) is 52.1 Å². The molecule has 0 bridgehead atoms. The number of nitrogens with zero attached hydrogens (tertiary/aromatic N) is 1. The number of carbonyl (C=O) groups excluding carboxylic acids is 1. The molecule has 2 atom stereocenters. The van der Waals surface area contributed by atoms with Crippen LogP contribution in [0.2, 0.25) is 0 Å². The molecule has 4 heteroatoms. The van der Waals surface area contributed by atoms with E-state index in [4.69, 9.17) is 0 Å². The van der Waals surface area contributed by atoms with Crippen molar-refractivity contribution in [1.29, 1.82) is 0 Å². The molecule has 0 aromatic rings. The molecule has 2 saturated heterocycles. The average Bonchev–Trinajstić information content (AvgIpc) is 2.71. The lowest BCUT2D eigenvalue weighted by Gasteiger charge is -2.21. The SMILES string of the molecule is CC(C)N1CCC(CNC2CCCNC(=O)C2)C1. The second-order valence-electron chi connectivity index (χ2n) is 6.04. The van der Waals surface area contributed by atoms with Crippen LogP contribution in [-0.4, -0.2) is 49.1 Å². The van der Waals surface area contributed by atoms with Crippen molar-refractivity contribution in [3.63, 3.8) is 0 Å². The Hall–Kier alpha value is -0.610. The summed E-state index contributed by atoms with van der Waals surface area (Å²) < 4.78 is 0. The maximum absolute atomic E-state index is 11.5. The van der Waals surface area contributed by atoms with E-state index in [-0.39, 0.29) is 5.91 Å². The van der Waals surface area contributed by atoms with Crippen LogP contribution in [-0.2, 0) is 4.79 Å². The van der Waals surface area contributed by atoms with Crippen LogP contribution in [0.4, 0.5) is 0 Å². The third-order valence-electron chi connectivity index (χ3n) is 4.23. The van der Waals surface area contributed by atoms with Crippen LogP contribution < -0.4 is 10.6 Å². The predicted octanol–water partition coefficient (Wildman–Crippen LogP) is 0.975. The van der Waals surface area contributed by atoms with E-state index in [2.05, 4.69) is 29.4 Å². The minimum atomic E-state index is 0.209. The number of rotatable bonds is 4. The maximum atomic E-state index is 11.5. The van der Waals surface area contributed by atoms with Crippen LogP contribution in [0.5, 0.6) is 0 Å². The predicted molar refractivity (Wildman–Crippen MR) is 73.5 cm³/mol. The molecule has 0 aliphatic carbocycles. The van der Waals surface area contributed by atoms with E-state index in [1.54, 1.807) is 0 Å². The van der Waals surface area contributed by atoms with Gasteiger partial charge in [0.15, 0.2) is 0 Å². The highest BCUT2D eigenvalue weighted by Gasteiger charge is 2.25. The van der Waals surface area contributed by atoms with Gasteiger partial charge in [0.05, 0.1) is 0 Å². The Labute approximate surface area is 110 Å². The van der Waals surface area contributed by atoms with E-state index in [1.807, 2.05) is 0 Å². The lowest BCUT2D eigenvalue weighted by atomic mass is 10.1. The second kappa shape index (κ2) is 6.53. The van der Waals surface area contributed by atoms with Crippen molar-refractivity contribution in [2.75, 3.05) is 26.2 Å². The molecule has 2 aliphatic heterocycles. The van der Waals surface area contributed by atoms with E-state index in [9.17, 15) is 4.79 Å². The number of hydrogen-bond donors (Lipinski definition) is 2. The average molecular weight is 253 g/mol. The van der Waals surface area contributed by atoms with Crippen LogP contribution in [0.15, 0.2) is 0 Å². The monoisotopic (exact) mass is 253 g/mol. The lowest BCUT2D eigenvalue weighted by molar-refractivity contribution is -0.121. The molecule has 2 fully saturated rings. The van der Waals surface area contributed by atoms with Gasteiger partial charge in [0, 0.05) is 31.6 Å². The second-order valence-corrected chi connectivity index (χ2v) is 6.04. The summed E-state index contributed by atoms with van der Waals surface area (Å²) in [5.41, 5.74) is 0. The van der Waals surface area contributed by atoms with E-state index in [0.717, 1.165) is 31.8 Å². The highest BCUT2D eigenvalue weighted by Crippen LogP contribution is 2.18. The van der Waals surface area contributed by atoms with Crippen molar-refractivity contribution in [2.45, 2.75) is 51.6 Å². The first-order valence-corrected chi connectivity index (χ1v) is 7.39. The molecule has 0 saturated carbocycles. The van der Waals surface area contributed by atoms with Gasteiger partial charge in [-0.1, -0.05) is 0 Å². The molecule has 0 aromatic carbocycles. The first kappa shape index (κ1) is 13.8. The summed E-state index contributed by atoms with van der Waals surface area (Å²) in [6.07, 6.45) is 4.18. The zero-order chi connectivity index (χ0) is 13.0. The Bertz CT molecular complexity index is 280. The lowest BCUT2D eigenvalue weighted by Crippen LogP contribution is -2.37. The number of hydrogen-bond acceptors (Lipinski definition) is 3. The topological polar surface area (TPSA) is 44.4 Å². The summed E-state index contributed by atoms with van der Waals surface area (Å²) in [7, 11) is 0. The van der Waals surface area contributed by atoms with Crippen LogP contribution in [0.1, 0.15) is 39.5 Å². The Morgan fingerprint density at radius 1 is 1.44 bits per heavy atom. The number of nitrogens with one attached hydrogen (secondary N) is 2. The standard InChI is InChI=1S/C14H27N3O/c1-11(2)17-7-5-12(10-17)9-16-13-4-3-6-15-14(18)8-13/h11-13,16H,3-10H2,1-2H3,(H,15,18). The highest BCUT2D eigenvalue weighted by molar-refractivity contribution is 5.76. The van der Waals surface area contributed by atoms with E-state index >= 15 is 0 Å².